The van der Waals surface area contributed by atoms with Crippen LogP contribution in [0.25, 0.3) is 0 Å². The fraction of sp³-hybridized carbons (Fsp3) is 0.148. The predicted molar refractivity (Wildman–Crippen MR) is 135 cm³/mol. The summed E-state index contributed by atoms with van der Waals surface area (Å²) in [5, 5.41) is 12.1. The van der Waals surface area contributed by atoms with Gasteiger partial charge in [-0.2, -0.15) is 5.26 Å². The number of thiophene rings is 1. The molecule has 0 radical (unpaired) electrons. The summed E-state index contributed by atoms with van der Waals surface area (Å²) >= 11 is 1.59. The van der Waals surface area contributed by atoms with Crippen LogP contribution in [0.5, 0.6) is 5.75 Å². The molecule has 4 rings (SSSR count). The number of rotatable bonds is 7. The minimum absolute atomic E-state index is 0.00617. The Morgan fingerprint density at radius 3 is 2.28 bits per heavy atom. The van der Waals surface area contributed by atoms with Crippen LogP contribution >= 0.6 is 11.3 Å². The van der Waals surface area contributed by atoms with Crippen molar-refractivity contribution in [2.75, 3.05) is 19.1 Å². The minimum atomic E-state index is -0.914. The molecular formula is C27H23N3O5S. The summed E-state index contributed by atoms with van der Waals surface area (Å²) in [7, 11) is 2.42. The van der Waals surface area contributed by atoms with Gasteiger partial charge < -0.3 is 19.9 Å². The summed E-state index contributed by atoms with van der Waals surface area (Å²) in [6, 6.07) is 21.7. The highest BCUT2D eigenvalue weighted by atomic mass is 32.1. The standard InChI is InChI=1S/C27H23N3O5S/c1-33-26(31)23-22(17-7-4-3-5-8-17)21(15-28)25(29)30(24(23)27(32)34-2)18-10-12-19(13-11-18)35-16-20-9-6-14-36-20/h3-14,22H,16,29H2,1-2H3. The van der Waals surface area contributed by atoms with E-state index in [0.717, 1.165) is 4.88 Å². The molecule has 0 amide bonds. The molecule has 36 heavy (non-hydrogen) atoms. The third-order valence-electron chi connectivity index (χ3n) is 5.67. The van der Waals surface area contributed by atoms with Crippen LogP contribution in [0.3, 0.4) is 0 Å². The Labute approximate surface area is 212 Å². The maximum Gasteiger partial charge on any atom is 0.355 e. The molecule has 2 N–H and O–H groups in total. The van der Waals surface area contributed by atoms with Crippen LogP contribution in [0.1, 0.15) is 16.4 Å². The summed E-state index contributed by atoms with van der Waals surface area (Å²) in [5.41, 5.74) is 7.49. The van der Waals surface area contributed by atoms with Gasteiger partial charge in [0.1, 0.15) is 23.9 Å². The number of nitrogens with two attached hydrogens (primary N) is 1. The van der Waals surface area contributed by atoms with Gasteiger partial charge in [0, 0.05) is 10.6 Å². The molecule has 2 aromatic carbocycles. The van der Waals surface area contributed by atoms with Gasteiger partial charge in [-0.05, 0) is 41.3 Å². The van der Waals surface area contributed by atoms with E-state index in [0.29, 0.717) is 23.6 Å². The van der Waals surface area contributed by atoms with Gasteiger partial charge in [-0.25, -0.2) is 9.59 Å². The lowest BCUT2D eigenvalue weighted by Gasteiger charge is -2.35. The van der Waals surface area contributed by atoms with Gasteiger partial charge in [-0.3, -0.25) is 4.90 Å². The first kappa shape index (κ1) is 24.6. The molecule has 1 aliphatic rings. The number of allylic oxidation sites excluding steroid dienone is 1. The number of ether oxygens (including phenoxy) is 3. The van der Waals surface area contributed by atoms with Gasteiger partial charge in [-0.15, -0.1) is 11.3 Å². The third-order valence-corrected chi connectivity index (χ3v) is 6.52. The number of benzene rings is 2. The number of nitrogens with zero attached hydrogens (tertiary/aromatic N) is 2. The number of hydrogen-bond acceptors (Lipinski definition) is 9. The average molecular weight is 502 g/mol. The van der Waals surface area contributed by atoms with Crippen molar-refractivity contribution in [1.29, 1.82) is 5.26 Å². The van der Waals surface area contributed by atoms with Crippen LogP contribution in [0, 0.1) is 11.3 Å². The van der Waals surface area contributed by atoms with E-state index < -0.39 is 17.9 Å². The normalized spacial score (nSPS) is 15.4. The summed E-state index contributed by atoms with van der Waals surface area (Å²) in [6.45, 7) is 0.417. The Bertz CT molecular complexity index is 1360. The molecule has 1 unspecified atom stereocenters. The van der Waals surface area contributed by atoms with E-state index in [2.05, 4.69) is 6.07 Å². The summed E-state index contributed by atoms with van der Waals surface area (Å²) in [5.74, 6) is -1.88. The zero-order chi connectivity index (χ0) is 25.7. The Balaban J connectivity index is 1.83. The second-order valence-electron chi connectivity index (χ2n) is 7.70. The highest BCUT2D eigenvalue weighted by Gasteiger charge is 2.42. The van der Waals surface area contributed by atoms with E-state index in [1.54, 1.807) is 59.9 Å². The van der Waals surface area contributed by atoms with Crippen molar-refractivity contribution < 1.29 is 23.8 Å². The third kappa shape index (κ3) is 4.67. The number of esters is 2. The highest BCUT2D eigenvalue weighted by molar-refractivity contribution is 7.09. The van der Waals surface area contributed by atoms with Crippen LogP contribution in [0.15, 0.2) is 94.8 Å². The molecule has 2 heterocycles. The average Bonchev–Trinajstić information content (AvgIpc) is 3.45. The number of hydrogen-bond donors (Lipinski definition) is 1. The molecule has 8 nitrogen and oxygen atoms in total. The fourth-order valence-corrected chi connectivity index (χ4v) is 4.64. The number of carbonyl (C=O) groups excluding carboxylic acids is 2. The van der Waals surface area contributed by atoms with E-state index in [1.165, 1.54) is 19.1 Å². The van der Waals surface area contributed by atoms with E-state index in [9.17, 15) is 14.9 Å². The van der Waals surface area contributed by atoms with Crippen LogP contribution in [0.4, 0.5) is 5.69 Å². The van der Waals surface area contributed by atoms with Crippen molar-refractivity contribution >= 4 is 29.0 Å². The molecule has 1 aromatic heterocycles. The Hall–Kier alpha value is -4.55. The van der Waals surface area contributed by atoms with Crippen LogP contribution in [-0.2, 0) is 25.7 Å². The second-order valence-corrected chi connectivity index (χ2v) is 8.73. The lowest BCUT2D eigenvalue weighted by atomic mass is 9.81. The first-order chi connectivity index (χ1) is 17.5. The fourth-order valence-electron chi connectivity index (χ4n) is 4.02. The monoisotopic (exact) mass is 501 g/mol. The molecular weight excluding hydrogens is 478 g/mol. The number of nitriles is 1. The maximum absolute atomic E-state index is 13.1. The zero-order valence-electron chi connectivity index (χ0n) is 19.6. The van der Waals surface area contributed by atoms with E-state index in [1.807, 2.05) is 23.6 Å². The molecule has 0 fully saturated rings. The highest BCUT2D eigenvalue weighted by Crippen LogP contribution is 2.43. The quantitative estimate of drug-likeness (QED) is 0.479. The van der Waals surface area contributed by atoms with Crippen molar-refractivity contribution in [3.8, 4) is 11.8 Å². The Morgan fingerprint density at radius 2 is 1.69 bits per heavy atom. The number of anilines is 1. The summed E-state index contributed by atoms with van der Waals surface area (Å²) < 4.78 is 15.9. The maximum atomic E-state index is 13.1. The molecule has 0 aliphatic carbocycles. The van der Waals surface area contributed by atoms with Gasteiger partial charge >= 0.3 is 11.9 Å². The molecule has 9 heteroatoms. The summed E-state index contributed by atoms with van der Waals surface area (Å²) in [4.78, 5) is 28.6. The largest absolute Gasteiger partial charge is 0.488 e. The summed E-state index contributed by atoms with van der Waals surface area (Å²) in [6.07, 6.45) is 0. The predicted octanol–water partition coefficient (Wildman–Crippen LogP) is 4.22. The molecule has 0 bridgehead atoms. The van der Waals surface area contributed by atoms with E-state index in [4.69, 9.17) is 19.9 Å². The van der Waals surface area contributed by atoms with E-state index in [-0.39, 0.29) is 22.7 Å². The van der Waals surface area contributed by atoms with Crippen LogP contribution < -0.4 is 15.4 Å². The first-order valence-electron chi connectivity index (χ1n) is 10.9. The molecule has 0 saturated heterocycles. The zero-order valence-corrected chi connectivity index (χ0v) is 20.5. The molecule has 3 aromatic rings. The SMILES string of the molecule is COC(=O)C1=C(C(=O)OC)N(c2ccc(OCc3cccs3)cc2)C(N)=C(C#N)C1c1ccccc1. The second kappa shape index (κ2) is 10.8. The van der Waals surface area contributed by atoms with Crippen molar-refractivity contribution in [2.45, 2.75) is 12.5 Å². The number of carbonyl (C=O) groups is 2. The molecule has 0 spiro atoms. The molecule has 1 atom stereocenters. The van der Waals surface area contributed by atoms with Gasteiger partial charge in [-0.1, -0.05) is 36.4 Å². The van der Waals surface area contributed by atoms with Crippen molar-refractivity contribution in [2.24, 2.45) is 5.73 Å². The van der Waals surface area contributed by atoms with Crippen molar-refractivity contribution in [3.05, 3.63) is 105 Å². The van der Waals surface area contributed by atoms with Crippen LogP contribution in [-0.4, -0.2) is 26.2 Å². The van der Waals surface area contributed by atoms with Gasteiger partial charge in [0.15, 0.2) is 0 Å². The molecule has 1 aliphatic heterocycles. The van der Waals surface area contributed by atoms with E-state index >= 15 is 0 Å². The topological polar surface area (TPSA) is 115 Å². The lowest BCUT2D eigenvalue weighted by molar-refractivity contribution is -0.139. The lowest BCUT2D eigenvalue weighted by Crippen LogP contribution is -2.40. The minimum Gasteiger partial charge on any atom is -0.488 e. The van der Waals surface area contributed by atoms with Crippen molar-refractivity contribution in [3.63, 3.8) is 0 Å². The molecule has 0 saturated carbocycles. The smallest absolute Gasteiger partial charge is 0.355 e. The molecule has 182 valence electrons. The van der Waals surface area contributed by atoms with Gasteiger partial charge in [0.2, 0.25) is 0 Å². The van der Waals surface area contributed by atoms with Gasteiger partial charge in [0.05, 0.1) is 37.4 Å². The Morgan fingerprint density at radius 1 is 1.00 bits per heavy atom. The van der Waals surface area contributed by atoms with Crippen molar-refractivity contribution in [1.82, 2.24) is 0 Å². The number of methoxy groups -OCH3 is 2. The Kier molecular flexibility index (Phi) is 7.37. The van der Waals surface area contributed by atoms with Gasteiger partial charge in [0.25, 0.3) is 0 Å². The van der Waals surface area contributed by atoms with Crippen LogP contribution in [0.2, 0.25) is 0 Å². The first-order valence-corrected chi connectivity index (χ1v) is 11.8.